The SMILES string of the molecule is CNC1CCC(C(C)(C)C)CC1Cc1cccc(Cl)c1. The Bertz CT molecular complexity index is 435. The molecule has 0 heterocycles. The summed E-state index contributed by atoms with van der Waals surface area (Å²) in [5, 5.41) is 4.38. The summed E-state index contributed by atoms with van der Waals surface area (Å²) >= 11 is 6.12. The molecule has 1 N–H and O–H groups in total. The van der Waals surface area contributed by atoms with E-state index in [9.17, 15) is 0 Å². The molecule has 1 aliphatic carbocycles. The molecule has 0 saturated heterocycles. The third-order valence-electron chi connectivity index (χ3n) is 4.96. The molecule has 20 heavy (non-hydrogen) atoms. The van der Waals surface area contributed by atoms with E-state index < -0.39 is 0 Å². The monoisotopic (exact) mass is 293 g/mol. The molecule has 0 aromatic heterocycles. The zero-order valence-electron chi connectivity index (χ0n) is 13.2. The van der Waals surface area contributed by atoms with Crippen LogP contribution in [0.15, 0.2) is 24.3 Å². The standard InChI is InChI=1S/C18H28ClN/c1-18(2,3)15-8-9-17(20-4)14(12-15)10-13-6-5-7-16(19)11-13/h5-7,11,14-15,17,20H,8-10,12H2,1-4H3. The van der Waals surface area contributed by atoms with Crippen LogP contribution in [0.25, 0.3) is 0 Å². The summed E-state index contributed by atoms with van der Waals surface area (Å²) in [6.07, 6.45) is 5.10. The van der Waals surface area contributed by atoms with E-state index in [1.54, 1.807) is 0 Å². The van der Waals surface area contributed by atoms with Crippen molar-refractivity contribution < 1.29 is 0 Å². The average Bonchev–Trinajstić information content (AvgIpc) is 2.37. The zero-order valence-corrected chi connectivity index (χ0v) is 14.0. The van der Waals surface area contributed by atoms with E-state index in [1.807, 2.05) is 6.07 Å². The second-order valence-electron chi connectivity index (χ2n) is 7.37. The van der Waals surface area contributed by atoms with Gasteiger partial charge in [-0.3, -0.25) is 0 Å². The summed E-state index contributed by atoms with van der Waals surface area (Å²) in [7, 11) is 2.10. The first kappa shape index (κ1) is 15.9. The minimum Gasteiger partial charge on any atom is -0.317 e. The fourth-order valence-corrected chi connectivity index (χ4v) is 3.84. The fourth-order valence-electron chi connectivity index (χ4n) is 3.62. The molecule has 0 bridgehead atoms. The summed E-state index contributed by atoms with van der Waals surface area (Å²) in [5.41, 5.74) is 1.79. The van der Waals surface area contributed by atoms with Crippen LogP contribution in [0.2, 0.25) is 5.02 Å². The normalized spacial score (nSPS) is 27.6. The van der Waals surface area contributed by atoms with Crippen LogP contribution < -0.4 is 5.32 Å². The third kappa shape index (κ3) is 3.99. The Kier molecular flexibility index (Phi) is 5.14. The molecule has 2 rings (SSSR count). The molecular weight excluding hydrogens is 266 g/mol. The minimum atomic E-state index is 0.422. The molecule has 1 saturated carbocycles. The Balaban J connectivity index is 2.09. The molecule has 1 nitrogen and oxygen atoms in total. The van der Waals surface area contributed by atoms with Gasteiger partial charge in [0.25, 0.3) is 0 Å². The smallest absolute Gasteiger partial charge is 0.0408 e. The van der Waals surface area contributed by atoms with Crippen molar-refractivity contribution in [3.8, 4) is 0 Å². The molecule has 0 amide bonds. The molecule has 0 radical (unpaired) electrons. The van der Waals surface area contributed by atoms with Crippen molar-refractivity contribution in [1.29, 1.82) is 0 Å². The molecule has 1 aromatic rings. The topological polar surface area (TPSA) is 12.0 Å². The molecular formula is C18H28ClN. The highest BCUT2D eigenvalue weighted by molar-refractivity contribution is 6.30. The van der Waals surface area contributed by atoms with Crippen LogP contribution in [-0.4, -0.2) is 13.1 Å². The Morgan fingerprint density at radius 3 is 2.60 bits per heavy atom. The molecule has 1 fully saturated rings. The maximum Gasteiger partial charge on any atom is 0.0408 e. The van der Waals surface area contributed by atoms with Crippen molar-refractivity contribution in [3.05, 3.63) is 34.9 Å². The van der Waals surface area contributed by atoms with Crippen molar-refractivity contribution >= 4 is 11.6 Å². The molecule has 0 aliphatic heterocycles. The molecule has 1 aromatic carbocycles. The summed E-state index contributed by atoms with van der Waals surface area (Å²) in [5.74, 6) is 1.55. The van der Waals surface area contributed by atoms with Gasteiger partial charge in [-0.1, -0.05) is 44.5 Å². The highest BCUT2D eigenvalue weighted by atomic mass is 35.5. The van der Waals surface area contributed by atoms with Crippen molar-refractivity contribution in [1.82, 2.24) is 5.32 Å². The Morgan fingerprint density at radius 2 is 2.00 bits per heavy atom. The van der Waals surface area contributed by atoms with E-state index in [0.717, 1.165) is 23.3 Å². The molecule has 1 aliphatic rings. The van der Waals surface area contributed by atoms with Gasteiger partial charge in [-0.05, 0) is 67.7 Å². The number of benzene rings is 1. The van der Waals surface area contributed by atoms with Crippen molar-refractivity contribution in [3.63, 3.8) is 0 Å². The van der Waals surface area contributed by atoms with Gasteiger partial charge in [0.1, 0.15) is 0 Å². The lowest BCUT2D eigenvalue weighted by atomic mass is 9.66. The highest BCUT2D eigenvalue weighted by Crippen LogP contribution is 2.41. The van der Waals surface area contributed by atoms with E-state index in [1.165, 1.54) is 24.8 Å². The first-order valence-electron chi connectivity index (χ1n) is 7.82. The molecule has 112 valence electrons. The van der Waals surface area contributed by atoms with Crippen LogP contribution >= 0.6 is 11.6 Å². The second-order valence-corrected chi connectivity index (χ2v) is 7.80. The second kappa shape index (κ2) is 6.49. The molecule has 3 unspecified atom stereocenters. The van der Waals surface area contributed by atoms with Crippen LogP contribution in [0.4, 0.5) is 0 Å². The van der Waals surface area contributed by atoms with E-state index in [4.69, 9.17) is 11.6 Å². The summed E-state index contributed by atoms with van der Waals surface area (Å²) in [6, 6.07) is 9.00. The van der Waals surface area contributed by atoms with Crippen LogP contribution in [0.3, 0.4) is 0 Å². The first-order chi connectivity index (χ1) is 9.40. The third-order valence-corrected chi connectivity index (χ3v) is 5.20. The summed E-state index contributed by atoms with van der Waals surface area (Å²) in [6.45, 7) is 7.15. The van der Waals surface area contributed by atoms with Gasteiger partial charge in [-0.2, -0.15) is 0 Å². The number of halogens is 1. The Labute approximate surface area is 129 Å². The average molecular weight is 294 g/mol. The van der Waals surface area contributed by atoms with Crippen LogP contribution in [0.5, 0.6) is 0 Å². The zero-order chi connectivity index (χ0) is 14.8. The molecule has 0 spiro atoms. The number of hydrogen-bond donors (Lipinski definition) is 1. The van der Waals surface area contributed by atoms with Gasteiger partial charge in [0.2, 0.25) is 0 Å². The van der Waals surface area contributed by atoms with Crippen molar-refractivity contribution in [2.24, 2.45) is 17.3 Å². The van der Waals surface area contributed by atoms with E-state index in [0.29, 0.717) is 11.5 Å². The quantitative estimate of drug-likeness (QED) is 0.833. The number of hydrogen-bond acceptors (Lipinski definition) is 1. The maximum atomic E-state index is 6.12. The summed E-state index contributed by atoms with van der Waals surface area (Å²) < 4.78 is 0. The van der Waals surface area contributed by atoms with Gasteiger partial charge in [0.15, 0.2) is 0 Å². The Hall–Kier alpha value is -0.530. The molecule has 2 heteroatoms. The van der Waals surface area contributed by atoms with Crippen molar-refractivity contribution in [2.75, 3.05) is 7.05 Å². The number of rotatable bonds is 3. The van der Waals surface area contributed by atoms with E-state index in [-0.39, 0.29) is 0 Å². The maximum absolute atomic E-state index is 6.12. The largest absolute Gasteiger partial charge is 0.317 e. The molecule has 3 atom stereocenters. The first-order valence-corrected chi connectivity index (χ1v) is 8.19. The summed E-state index contributed by atoms with van der Waals surface area (Å²) in [4.78, 5) is 0. The van der Waals surface area contributed by atoms with E-state index >= 15 is 0 Å². The Morgan fingerprint density at radius 1 is 1.25 bits per heavy atom. The highest BCUT2D eigenvalue weighted by Gasteiger charge is 2.35. The van der Waals surface area contributed by atoms with Crippen molar-refractivity contribution in [2.45, 2.75) is 52.5 Å². The van der Waals surface area contributed by atoms with Gasteiger partial charge in [0.05, 0.1) is 0 Å². The minimum absolute atomic E-state index is 0.422. The van der Waals surface area contributed by atoms with Crippen LogP contribution in [0.1, 0.15) is 45.6 Å². The van der Waals surface area contributed by atoms with Gasteiger partial charge in [-0.15, -0.1) is 0 Å². The van der Waals surface area contributed by atoms with E-state index in [2.05, 4.69) is 51.3 Å². The van der Waals surface area contributed by atoms with Crippen LogP contribution in [0, 0.1) is 17.3 Å². The lowest BCUT2D eigenvalue weighted by Gasteiger charge is -2.42. The van der Waals surface area contributed by atoms with Crippen LogP contribution in [-0.2, 0) is 6.42 Å². The lowest BCUT2D eigenvalue weighted by Crippen LogP contribution is -2.42. The van der Waals surface area contributed by atoms with Gasteiger partial charge in [0, 0.05) is 11.1 Å². The van der Waals surface area contributed by atoms with Gasteiger partial charge in [-0.25, -0.2) is 0 Å². The van der Waals surface area contributed by atoms with Gasteiger partial charge < -0.3 is 5.32 Å². The number of nitrogens with one attached hydrogen (secondary N) is 1. The predicted molar refractivity (Wildman–Crippen MR) is 88.3 cm³/mol. The predicted octanol–water partition coefficient (Wildman–Crippen LogP) is 4.93. The fraction of sp³-hybridized carbons (Fsp3) is 0.667. The lowest BCUT2D eigenvalue weighted by molar-refractivity contribution is 0.117. The van der Waals surface area contributed by atoms with Gasteiger partial charge >= 0.3 is 0 Å².